The summed E-state index contributed by atoms with van der Waals surface area (Å²) in [4.78, 5) is 65.2. The maximum Gasteiger partial charge on any atom is 0.472 e. The Hall–Kier alpha value is -2.81. The zero-order valence-corrected chi connectivity index (χ0v) is 37.9. The van der Waals surface area contributed by atoms with Gasteiger partial charge in [-0.15, -0.1) is 0 Å². The summed E-state index contributed by atoms with van der Waals surface area (Å²) >= 11 is 0. The second-order valence-electron chi connectivity index (χ2n) is 14.9. The van der Waals surface area contributed by atoms with Gasteiger partial charge in [0.2, 0.25) is 0 Å². The number of hydrogen-bond donors (Lipinski definition) is 5. The van der Waals surface area contributed by atoms with Crippen molar-refractivity contribution in [3.8, 4) is 0 Å². The van der Waals surface area contributed by atoms with Crippen molar-refractivity contribution >= 4 is 33.4 Å². The minimum absolute atomic E-state index is 0.00389. The van der Waals surface area contributed by atoms with Gasteiger partial charge in [0.25, 0.3) is 0 Å². The Morgan fingerprint density at radius 3 is 1.95 bits per heavy atom. The summed E-state index contributed by atoms with van der Waals surface area (Å²) in [5.74, 6) is -1.61. The Kier molecular flexibility index (Phi) is 31.9. The van der Waals surface area contributed by atoms with Gasteiger partial charge >= 0.3 is 27.6 Å². The second-order valence-corrected chi connectivity index (χ2v) is 17.6. The Morgan fingerprint density at radius 1 is 0.705 bits per heavy atom. The molecule has 15 nitrogen and oxygen atoms in total. The number of phosphoric ester groups is 2. The molecule has 1 aliphatic rings. The number of esters is 2. The molecular formula is C44H72O15P2. The molecule has 0 aromatic heterocycles. The number of hydrogen-bond acceptors (Lipinski definition) is 12. The number of aliphatic hydroxyl groups is 2. The fourth-order valence-corrected chi connectivity index (χ4v) is 7.03. The minimum Gasteiger partial charge on any atom is -0.462 e. The van der Waals surface area contributed by atoms with Crippen molar-refractivity contribution in [2.75, 3.05) is 26.4 Å². The summed E-state index contributed by atoms with van der Waals surface area (Å²) in [5.41, 5.74) is 0. The van der Waals surface area contributed by atoms with Crippen molar-refractivity contribution in [2.24, 2.45) is 11.8 Å². The van der Waals surface area contributed by atoms with E-state index in [2.05, 4.69) is 59.4 Å². The molecule has 0 aromatic carbocycles. The molecule has 0 saturated heterocycles. The lowest BCUT2D eigenvalue weighted by molar-refractivity contribution is -0.161. The van der Waals surface area contributed by atoms with Gasteiger partial charge in [-0.3, -0.25) is 28.0 Å². The number of allylic oxidation sites excluding steroid dienone is 11. The molecule has 348 valence electrons. The van der Waals surface area contributed by atoms with Gasteiger partial charge in [0, 0.05) is 18.8 Å². The quantitative estimate of drug-likeness (QED) is 0.0170. The van der Waals surface area contributed by atoms with Crippen molar-refractivity contribution < 1.29 is 71.5 Å². The standard InChI is InChI=1S/C44H72O15P2/c1-3-5-7-8-9-10-11-12-13-14-15-16-17-18-23-27-43(48)55-35-40(36-58-61(53,54)57-34-39(46)33-56-60(50,51)52)59-44(49)28-24-20-19-22-25-37-29-32-42(47)41(37)31-30-38(45)26-21-6-4-2/h9-10,12-13,15-16,19,22,29-32,37-41,45-46H,3-8,11,14,17-18,20-21,23-28,33-36H2,1-2H3,(H,53,54)(H2,50,51,52)/b10-9-,13-12-,16-15-,22-19-,31-30+/t37-,38-,39-,40+,41+/m0/s1. The van der Waals surface area contributed by atoms with Crippen LogP contribution in [0.1, 0.15) is 129 Å². The summed E-state index contributed by atoms with van der Waals surface area (Å²) < 4.78 is 47.7. The van der Waals surface area contributed by atoms with Crippen molar-refractivity contribution in [3.63, 3.8) is 0 Å². The maximum atomic E-state index is 12.7. The third-order valence-electron chi connectivity index (χ3n) is 9.31. The van der Waals surface area contributed by atoms with Gasteiger partial charge < -0.3 is 34.4 Å². The topological polar surface area (TPSA) is 233 Å². The number of ether oxygens (including phenoxy) is 2. The van der Waals surface area contributed by atoms with E-state index in [1.807, 2.05) is 18.2 Å². The number of carbonyl (C=O) groups is 3. The first kappa shape index (κ1) is 56.2. The van der Waals surface area contributed by atoms with Crippen LogP contribution in [0.2, 0.25) is 0 Å². The highest BCUT2D eigenvalue weighted by atomic mass is 31.2. The molecule has 17 heteroatoms. The molecule has 5 N–H and O–H groups in total. The van der Waals surface area contributed by atoms with E-state index < -0.39 is 72.3 Å². The van der Waals surface area contributed by atoms with Crippen LogP contribution in [0.25, 0.3) is 0 Å². The predicted molar refractivity (Wildman–Crippen MR) is 234 cm³/mol. The first-order valence-corrected chi connectivity index (χ1v) is 24.7. The average Bonchev–Trinajstić information content (AvgIpc) is 3.57. The van der Waals surface area contributed by atoms with Gasteiger partial charge in [0.15, 0.2) is 11.9 Å². The van der Waals surface area contributed by atoms with Crippen LogP contribution in [-0.4, -0.2) is 87.4 Å². The molecule has 1 rings (SSSR count). The highest BCUT2D eigenvalue weighted by Gasteiger charge is 2.29. The van der Waals surface area contributed by atoms with Gasteiger partial charge in [0.05, 0.1) is 25.9 Å². The highest BCUT2D eigenvalue weighted by molar-refractivity contribution is 7.47. The third-order valence-corrected chi connectivity index (χ3v) is 10.7. The lowest BCUT2D eigenvalue weighted by Gasteiger charge is -2.20. The molecule has 6 atom stereocenters. The SMILES string of the molecule is CCCCC/C=C\C/C=C\C/C=C\CCCCC(=O)OC[C@H](COP(=O)(O)OC[C@@H](O)COP(=O)(O)O)OC(=O)CCC/C=C\C[C@H]1C=CC(=O)[C@@H]1/C=C/[C@@H](O)CCCCC. The number of aliphatic hydroxyl groups excluding tert-OH is 2. The van der Waals surface area contributed by atoms with Gasteiger partial charge in [-0.2, -0.15) is 0 Å². The zero-order chi connectivity index (χ0) is 45.2. The minimum atomic E-state index is -4.90. The van der Waals surface area contributed by atoms with Crippen molar-refractivity contribution in [1.82, 2.24) is 0 Å². The number of phosphoric acid groups is 2. The van der Waals surface area contributed by atoms with Crippen LogP contribution < -0.4 is 0 Å². The Morgan fingerprint density at radius 2 is 1.28 bits per heavy atom. The van der Waals surface area contributed by atoms with Gasteiger partial charge in [0.1, 0.15) is 12.7 Å². The van der Waals surface area contributed by atoms with Gasteiger partial charge in [-0.05, 0) is 82.6 Å². The first-order chi connectivity index (χ1) is 29.2. The van der Waals surface area contributed by atoms with Crippen LogP contribution in [-0.2, 0) is 46.6 Å². The molecule has 61 heavy (non-hydrogen) atoms. The largest absolute Gasteiger partial charge is 0.472 e. The molecule has 0 aliphatic heterocycles. The normalized spacial score (nSPS) is 18.6. The fraction of sp³-hybridized carbons (Fsp3) is 0.659. The van der Waals surface area contributed by atoms with Gasteiger partial charge in [-0.1, -0.05) is 113 Å². The van der Waals surface area contributed by atoms with E-state index in [1.54, 1.807) is 18.2 Å². The number of carbonyl (C=O) groups excluding carboxylic acids is 3. The molecule has 0 heterocycles. The number of ketones is 1. The predicted octanol–water partition coefficient (Wildman–Crippen LogP) is 8.62. The van der Waals surface area contributed by atoms with E-state index in [-0.39, 0.29) is 30.5 Å². The van der Waals surface area contributed by atoms with E-state index in [9.17, 15) is 38.6 Å². The Bertz CT molecular complexity index is 1500. The van der Waals surface area contributed by atoms with Crippen LogP contribution >= 0.6 is 15.6 Å². The summed E-state index contributed by atoms with van der Waals surface area (Å²) in [6.45, 7) is 1.34. The van der Waals surface area contributed by atoms with Crippen LogP contribution in [0, 0.1) is 11.8 Å². The molecule has 0 saturated carbocycles. The van der Waals surface area contributed by atoms with Crippen LogP contribution in [0.5, 0.6) is 0 Å². The molecule has 0 amide bonds. The van der Waals surface area contributed by atoms with E-state index in [0.717, 1.165) is 51.4 Å². The molecule has 1 aliphatic carbocycles. The first-order valence-electron chi connectivity index (χ1n) is 21.7. The highest BCUT2D eigenvalue weighted by Crippen LogP contribution is 2.44. The molecule has 0 fully saturated rings. The van der Waals surface area contributed by atoms with Crippen LogP contribution in [0.4, 0.5) is 0 Å². The molecular weight excluding hydrogens is 830 g/mol. The van der Waals surface area contributed by atoms with Crippen molar-refractivity contribution in [1.29, 1.82) is 0 Å². The smallest absolute Gasteiger partial charge is 0.462 e. The summed E-state index contributed by atoms with van der Waals surface area (Å²) in [6.07, 6.45) is 33.9. The van der Waals surface area contributed by atoms with E-state index >= 15 is 0 Å². The monoisotopic (exact) mass is 902 g/mol. The fourth-order valence-electron chi connectivity index (χ4n) is 5.87. The van der Waals surface area contributed by atoms with E-state index in [1.165, 1.54) is 19.3 Å². The van der Waals surface area contributed by atoms with Crippen molar-refractivity contribution in [3.05, 3.63) is 72.9 Å². The zero-order valence-electron chi connectivity index (χ0n) is 36.1. The van der Waals surface area contributed by atoms with Crippen LogP contribution in [0.3, 0.4) is 0 Å². The average molecular weight is 903 g/mol. The maximum absolute atomic E-state index is 12.7. The summed E-state index contributed by atoms with van der Waals surface area (Å²) in [5, 5.41) is 20.0. The summed E-state index contributed by atoms with van der Waals surface area (Å²) in [7, 11) is -9.77. The molecule has 0 bridgehead atoms. The molecule has 0 radical (unpaired) electrons. The molecule has 0 aromatic rings. The Labute approximate surface area is 362 Å². The van der Waals surface area contributed by atoms with E-state index in [0.29, 0.717) is 32.1 Å². The number of unbranched alkanes of at least 4 members (excludes halogenated alkanes) is 8. The van der Waals surface area contributed by atoms with Crippen molar-refractivity contribution in [2.45, 2.75) is 148 Å². The second kappa shape index (κ2) is 34.6. The summed E-state index contributed by atoms with van der Waals surface area (Å²) in [6, 6.07) is 0. The van der Waals surface area contributed by atoms with Gasteiger partial charge in [-0.25, -0.2) is 9.13 Å². The third kappa shape index (κ3) is 32.5. The van der Waals surface area contributed by atoms with E-state index in [4.69, 9.17) is 23.8 Å². The number of rotatable bonds is 37. The lowest BCUT2D eigenvalue weighted by atomic mass is 9.90. The lowest BCUT2D eigenvalue weighted by Crippen LogP contribution is -2.29. The molecule has 1 unspecified atom stereocenters. The molecule has 0 spiro atoms. The van der Waals surface area contributed by atoms with Crippen LogP contribution in [0.15, 0.2) is 72.9 Å². The Balaban J connectivity index is 2.59.